The van der Waals surface area contributed by atoms with Crippen LogP contribution in [0.2, 0.25) is 0 Å². The van der Waals surface area contributed by atoms with E-state index in [1.54, 1.807) is 10.6 Å². The Morgan fingerprint density at radius 2 is 1.81 bits per heavy atom. The van der Waals surface area contributed by atoms with Gasteiger partial charge in [-0.3, -0.25) is 9.35 Å². The highest BCUT2D eigenvalue weighted by Gasteiger charge is 2.31. The van der Waals surface area contributed by atoms with Gasteiger partial charge in [-0.2, -0.15) is 8.42 Å². The molecule has 2 N–H and O–H groups in total. The van der Waals surface area contributed by atoms with Crippen molar-refractivity contribution >= 4 is 32.7 Å². The van der Waals surface area contributed by atoms with Crippen LogP contribution in [-0.2, 0) is 16.7 Å². The van der Waals surface area contributed by atoms with Crippen LogP contribution in [0.4, 0.5) is 10.1 Å². The maximum atomic E-state index is 15.0. The number of anilines is 1. The Hall–Kier alpha value is -2.50. The van der Waals surface area contributed by atoms with Gasteiger partial charge in [-0.15, -0.1) is 0 Å². The first-order valence-electron chi connectivity index (χ1n) is 10.0. The van der Waals surface area contributed by atoms with E-state index in [0.29, 0.717) is 30.0 Å². The molecule has 1 aromatic carbocycles. The van der Waals surface area contributed by atoms with Crippen LogP contribution in [0.3, 0.4) is 0 Å². The highest BCUT2D eigenvalue weighted by molar-refractivity contribution is 7.85. The summed E-state index contributed by atoms with van der Waals surface area (Å²) in [5.74, 6) is -1.75. The molecule has 0 spiro atoms. The van der Waals surface area contributed by atoms with Crippen LogP contribution in [0, 0.1) is 5.82 Å². The lowest BCUT2D eigenvalue weighted by atomic mass is 10.0. The van der Waals surface area contributed by atoms with E-state index in [2.05, 4.69) is 9.80 Å². The first-order valence-corrected chi connectivity index (χ1v) is 11.9. The van der Waals surface area contributed by atoms with Crippen LogP contribution in [0.25, 0.3) is 10.9 Å². The van der Waals surface area contributed by atoms with E-state index in [9.17, 15) is 27.5 Å². The number of piperidine rings is 1. The maximum Gasteiger partial charge on any atom is 0.341 e. The lowest BCUT2D eigenvalue weighted by Crippen LogP contribution is -2.38. The first kappa shape index (κ1) is 23.2. The van der Waals surface area contributed by atoms with Crippen LogP contribution in [0.5, 0.6) is 0 Å². The standard InChI is InChI=1S/C19H22FN3O3.CH4O3S/c1-2-22-11-14(19(25)26)18(24)13-9-15(20)17(10-16(13)22)23-8-7-21-5-3-12(23)4-6-21;1-5(2,3)4/h9-12H,2-8H2,1H3,(H,25,26);1H3,(H,2,3,4). The smallest absolute Gasteiger partial charge is 0.341 e. The van der Waals surface area contributed by atoms with Crippen LogP contribution in [-0.4, -0.2) is 72.0 Å². The molecule has 31 heavy (non-hydrogen) atoms. The molecular formula is C20H26FN3O6S. The second-order valence-electron chi connectivity index (χ2n) is 7.78. The number of carbonyl (C=O) groups is 1. The van der Waals surface area contributed by atoms with Gasteiger partial charge in [-0.25, -0.2) is 9.18 Å². The van der Waals surface area contributed by atoms with Crippen molar-refractivity contribution in [2.75, 3.05) is 37.3 Å². The normalized spacial score (nSPS) is 20.8. The highest BCUT2D eigenvalue weighted by Crippen LogP contribution is 2.31. The largest absolute Gasteiger partial charge is 0.477 e. The summed E-state index contributed by atoms with van der Waals surface area (Å²) in [5.41, 5.74) is 0.132. The molecule has 3 saturated heterocycles. The van der Waals surface area contributed by atoms with Gasteiger partial charge in [0.05, 0.1) is 17.5 Å². The van der Waals surface area contributed by atoms with Crippen molar-refractivity contribution in [3.63, 3.8) is 0 Å². The molecule has 3 aliphatic rings. The zero-order valence-electron chi connectivity index (χ0n) is 17.4. The van der Waals surface area contributed by atoms with Crippen molar-refractivity contribution < 1.29 is 27.3 Å². The summed E-state index contributed by atoms with van der Waals surface area (Å²) >= 11 is 0. The summed E-state index contributed by atoms with van der Waals surface area (Å²) in [5, 5.41) is 9.38. The van der Waals surface area contributed by atoms with Crippen molar-refractivity contribution in [1.29, 1.82) is 0 Å². The quantitative estimate of drug-likeness (QED) is 0.671. The van der Waals surface area contributed by atoms with E-state index in [4.69, 9.17) is 4.55 Å². The Morgan fingerprint density at radius 3 is 2.35 bits per heavy atom. The van der Waals surface area contributed by atoms with Crippen molar-refractivity contribution in [3.05, 3.63) is 39.9 Å². The highest BCUT2D eigenvalue weighted by atomic mass is 32.2. The fourth-order valence-corrected chi connectivity index (χ4v) is 4.24. The topological polar surface area (TPSA) is 120 Å². The SMILES string of the molecule is CCn1cc(C(=O)O)c(=O)c2cc(F)c(N3CCN4CCC3CC4)cc21.CS(=O)(=O)O. The molecule has 9 nitrogen and oxygen atoms in total. The molecule has 0 radical (unpaired) electrons. The zero-order valence-corrected chi connectivity index (χ0v) is 18.2. The number of rotatable bonds is 3. The minimum atomic E-state index is -3.67. The number of benzene rings is 1. The Kier molecular flexibility index (Phi) is 6.68. The Labute approximate surface area is 179 Å². The number of carboxylic acids is 1. The van der Waals surface area contributed by atoms with Crippen LogP contribution in [0.15, 0.2) is 23.1 Å². The monoisotopic (exact) mass is 455 g/mol. The van der Waals surface area contributed by atoms with E-state index in [1.165, 1.54) is 12.3 Å². The fourth-order valence-electron chi connectivity index (χ4n) is 4.24. The van der Waals surface area contributed by atoms with Gasteiger partial charge in [0.15, 0.2) is 0 Å². The molecule has 2 aromatic rings. The maximum absolute atomic E-state index is 15.0. The number of pyridine rings is 1. The van der Waals surface area contributed by atoms with Crippen LogP contribution >= 0.6 is 0 Å². The lowest BCUT2D eigenvalue weighted by molar-refractivity contribution is 0.0694. The Bertz CT molecular complexity index is 1150. The number of carboxylic acid groups (broad SMARTS) is 1. The predicted octanol–water partition coefficient (Wildman–Crippen LogP) is 1.65. The van der Waals surface area contributed by atoms with Crippen LogP contribution < -0.4 is 10.3 Å². The lowest BCUT2D eigenvalue weighted by Gasteiger charge is -2.33. The second kappa shape index (κ2) is 8.93. The van der Waals surface area contributed by atoms with Gasteiger partial charge in [0.2, 0.25) is 5.43 Å². The molecule has 2 bridgehead atoms. The molecule has 1 aromatic heterocycles. The summed E-state index contributed by atoms with van der Waals surface area (Å²) in [6, 6.07) is 3.24. The number of aromatic carboxylic acids is 1. The molecule has 170 valence electrons. The number of hydrogen-bond acceptors (Lipinski definition) is 6. The molecule has 0 aliphatic carbocycles. The second-order valence-corrected chi connectivity index (χ2v) is 9.25. The van der Waals surface area contributed by atoms with E-state index in [1.807, 2.05) is 6.92 Å². The van der Waals surface area contributed by atoms with Gasteiger partial charge >= 0.3 is 5.97 Å². The summed E-state index contributed by atoms with van der Waals surface area (Å²) in [6.45, 7) is 6.12. The van der Waals surface area contributed by atoms with Gasteiger partial charge < -0.3 is 19.5 Å². The number of nitrogens with zero attached hydrogens (tertiary/aromatic N) is 3. The summed E-state index contributed by atoms with van der Waals surface area (Å²) in [4.78, 5) is 28.3. The Balaban J connectivity index is 0.000000491. The molecular weight excluding hydrogens is 429 g/mol. The molecule has 3 fully saturated rings. The predicted molar refractivity (Wildman–Crippen MR) is 115 cm³/mol. The summed E-state index contributed by atoms with van der Waals surface area (Å²) in [7, 11) is -3.67. The number of fused-ring (bicyclic) bond motifs is 5. The third-order valence-corrected chi connectivity index (χ3v) is 5.68. The van der Waals surface area contributed by atoms with E-state index < -0.39 is 27.3 Å². The minimum Gasteiger partial charge on any atom is -0.477 e. The van der Waals surface area contributed by atoms with Crippen molar-refractivity contribution in [3.8, 4) is 0 Å². The minimum absolute atomic E-state index is 0.121. The van der Waals surface area contributed by atoms with Gasteiger partial charge in [-0.1, -0.05) is 0 Å². The van der Waals surface area contributed by atoms with E-state index >= 15 is 0 Å². The van der Waals surface area contributed by atoms with E-state index in [-0.39, 0.29) is 10.9 Å². The van der Waals surface area contributed by atoms with Crippen LogP contribution in [0.1, 0.15) is 30.1 Å². The number of aryl methyl sites for hydroxylation is 1. The number of aromatic nitrogens is 1. The average molecular weight is 456 g/mol. The van der Waals surface area contributed by atoms with E-state index in [0.717, 1.165) is 39.0 Å². The summed E-state index contributed by atoms with van der Waals surface area (Å²) in [6.07, 6.45) is 4.09. The summed E-state index contributed by atoms with van der Waals surface area (Å²) < 4.78 is 42.5. The van der Waals surface area contributed by atoms with Gasteiger partial charge in [0.1, 0.15) is 11.4 Å². The third kappa shape index (κ3) is 5.23. The van der Waals surface area contributed by atoms with Crippen molar-refractivity contribution in [2.24, 2.45) is 0 Å². The molecule has 0 atom stereocenters. The molecule has 4 heterocycles. The molecule has 11 heteroatoms. The number of hydrogen-bond donors (Lipinski definition) is 2. The molecule has 0 saturated carbocycles. The molecule has 0 unspecified atom stereocenters. The van der Waals surface area contributed by atoms with Crippen molar-refractivity contribution in [1.82, 2.24) is 9.47 Å². The van der Waals surface area contributed by atoms with Crippen molar-refractivity contribution in [2.45, 2.75) is 32.4 Å². The van der Waals surface area contributed by atoms with Gasteiger partial charge in [-0.05, 0) is 31.9 Å². The Morgan fingerprint density at radius 1 is 1.19 bits per heavy atom. The molecule has 3 aliphatic heterocycles. The average Bonchev–Trinajstić information content (AvgIpc) is 3.00. The molecule has 0 amide bonds. The number of halogens is 1. The third-order valence-electron chi connectivity index (χ3n) is 5.68. The van der Waals surface area contributed by atoms with Gasteiger partial charge in [0.25, 0.3) is 10.1 Å². The van der Waals surface area contributed by atoms with Gasteiger partial charge in [0, 0.05) is 50.3 Å². The first-order chi connectivity index (χ1) is 14.5. The fraction of sp³-hybridized carbons (Fsp3) is 0.500. The zero-order chi connectivity index (χ0) is 22.9. The molecule has 5 rings (SSSR count).